The molecule has 0 saturated heterocycles. The van der Waals surface area contributed by atoms with Crippen LogP contribution in [-0.4, -0.2) is 29.5 Å². The van der Waals surface area contributed by atoms with Crippen LogP contribution in [0.1, 0.15) is 23.1 Å². The Morgan fingerprint density at radius 1 is 1.43 bits per heavy atom. The van der Waals surface area contributed by atoms with Crippen molar-refractivity contribution >= 4 is 27.6 Å². The van der Waals surface area contributed by atoms with Crippen LogP contribution in [0, 0.1) is 6.92 Å². The van der Waals surface area contributed by atoms with E-state index in [4.69, 9.17) is 16.3 Å². The third kappa shape index (κ3) is 2.58. The van der Waals surface area contributed by atoms with Crippen molar-refractivity contribution in [1.82, 2.24) is 8.54 Å². The number of nitrogens with zero attached hydrogens (tertiary/aromatic N) is 2. The third-order valence-electron chi connectivity index (χ3n) is 3.18. The van der Waals surface area contributed by atoms with E-state index in [1.54, 1.807) is 20.9 Å². The van der Waals surface area contributed by atoms with Crippen molar-refractivity contribution in [2.45, 2.75) is 18.7 Å². The minimum absolute atomic E-state index is 0.0196. The molecule has 0 unspecified atom stereocenters. The van der Waals surface area contributed by atoms with Gasteiger partial charge in [0.1, 0.15) is 15.7 Å². The monoisotopic (exact) mass is 330 g/mol. The highest BCUT2D eigenvalue weighted by Gasteiger charge is 2.27. The summed E-state index contributed by atoms with van der Waals surface area (Å²) in [6.45, 7) is 3.52. The van der Waals surface area contributed by atoms with Gasteiger partial charge in [-0.2, -0.15) is 0 Å². The molecule has 2 aromatic rings. The first kappa shape index (κ1) is 15.7. The molecule has 0 aliphatic carbocycles. The maximum Gasteiger partial charge on any atom is 0.354 e. The maximum atomic E-state index is 12.6. The molecule has 0 N–H and O–H groups in total. The standard InChI is InChI=1S/C13H15ClN2O4S/c1-4-20-13(17)10-8-11(9(2)15(10)3)21(18,19)16-7-5-6-12(16)14/h5-8H,4H2,1-3H3. The van der Waals surface area contributed by atoms with Gasteiger partial charge >= 0.3 is 5.97 Å². The van der Waals surface area contributed by atoms with Gasteiger partial charge in [0.05, 0.1) is 6.61 Å². The van der Waals surface area contributed by atoms with Gasteiger partial charge in [-0.3, -0.25) is 0 Å². The number of hydrogen-bond acceptors (Lipinski definition) is 4. The van der Waals surface area contributed by atoms with Crippen molar-refractivity contribution in [1.29, 1.82) is 0 Å². The summed E-state index contributed by atoms with van der Waals surface area (Å²) in [5, 5.41) is 0.0796. The molecule has 2 heterocycles. The second-order valence-electron chi connectivity index (χ2n) is 4.39. The Morgan fingerprint density at radius 3 is 2.62 bits per heavy atom. The molecule has 0 aliphatic rings. The van der Waals surface area contributed by atoms with Gasteiger partial charge in [0.25, 0.3) is 10.0 Å². The summed E-state index contributed by atoms with van der Waals surface area (Å²) >= 11 is 5.87. The second-order valence-corrected chi connectivity index (χ2v) is 6.56. The largest absolute Gasteiger partial charge is 0.461 e. The summed E-state index contributed by atoms with van der Waals surface area (Å²) in [6.07, 6.45) is 1.36. The number of ether oxygens (including phenoxy) is 1. The molecule has 2 rings (SSSR count). The van der Waals surface area contributed by atoms with Crippen molar-refractivity contribution in [2.24, 2.45) is 7.05 Å². The van der Waals surface area contributed by atoms with Crippen LogP contribution in [0.5, 0.6) is 0 Å². The van der Waals surface area contributed by atoms with Gasteiger partial charge in [-0.15, -0.1) is 0 Å². The van der Waals surface area contributed by atoms with E-state index in [-0.39, 0.29) is 22.3 Å². The van der Waals surface area contributed by atoms with Crippen LogP contribution in [0.25, 0.3) is 0 Å². The number of carbonyl (C=O) groups excluding carboxylic acids is 1. The number of halogens is 1. The number of rotatable bonds is 4. The van der Waals surface area contributed by atoms with Crippen LogP contribution < -0.4 is 0 Å². The van der Waals surface area contributed by atoms with Gasteiger partial charge in [-0.25, -0.2) is 17.2 Å². The van der Waals surface area contributed by atoms with E-state index in [9.17, 15) is 13.2 Å². The van der Waals surface area contributed by atoms with Crippen LogP contribution in [0.15, 0.2) is 29.3 Å². The van der Waals surface area contributed by atoms with E-state index >= 15 is 0 Å². The lowest BCUT2D eigenvalue weighted by Crippen LogP contribution is -2.13. The summed E-state index contributed by atoms with van der Waals surface area (Å²) in [7, 11) is -2.24. The molecule has 21 heavy (non-hydrogen) atoms. The normalized spacial score (nSPS) is 11.6. The van der Waals surface area contributed by atoms with Crippen molar-refractivity contribution < 1.29 is 17.9 Å². The number of hydrogen-bond donors (Lipinski definition) is 0. The fraction of sp³-hybridized carbons (Fsp3) is 0.308. The number of aromatic nitrogens is 2. The highest BCUT2D eigenvalue weighted by atomic mass is 35.5. The Morgan fingerprint density at radius 2 is 2.10 bits per heavy atom. The van der Waals surface area contributed by atoms with Crippen LogP contribution in [-0.2, 0) is 21.8 Å². The molecule has 0 fully saturated rings. The predicted molar refractivity (Wildman–Crippen MR) is 78.1 cm³/mol. The minimum atomic E-state index is -3.85. The van der Waals surface area contributed by atoms with Crippen molar-refractivity contribution in [3.63, 3.8) is 0 Å². The minimum Gasteiger partial charge on any atom is -0.461 e. The van der Waals surface area contributed by atoms with Gasteiger partial charge < -0.3 is 9.30 Å². The lowest BCUT2D eigenvalue weighted by molar-refractivity contribution is 0.0515. The zero-order chi connectivity index (χ0) is 15.8. The molecule has 0 spiro atoms. The van der Waals surface area contributed by atoms with Crippen LogP contribution in [0.2, 0.25) is 5.15 Å². The zero-order valence-corrected chi connectivity index (χ0v) is 13.4. The summed E-state index contributed by atoms with van der Waals surface area (Å²) in [6, 6.07) is 4.31. The van der Waals surface area contributed by atoms with Gasteiger partial charge in [-0.1, -0.05) is 11.6 Å². The SMILES string of the molecule is CCOC(=O)c1cc(S(=O)(=O)n2cccc2Cl)c(C)n1C. The van der Waals surface area contributed by atoms with E-state index in [0.29, 0.717) is 5.69 Å². The molecule has 114 valence electrons. The highest BCUT2D eigenvalue weighted by molar-refractivity contribution is 7.90. The molecule has 0 aromatic carbocycles. The molecule has 0 saturated carbocycles. The fourth-order valence-electron chi connectivity index (χ4n) is 1.98. The smallest absolute Gasteiger partial charge is 0.354 e. The van der Waals surface area contributed by atoms with Gasteiger partial charge in [-0.05, 0) is 32.0 Å². The van der Waals surface area contributed by atoms with Crippen molar-refractivity contribution in [3.8, 4) is 0 Å². The first-order valence-electron chi connectivity index (χ1n) is 6.22. The quantitative estimate of drug-likeness (QED) is 0.806. The molecule has 0 radical (unpaired) electrons. The molecule has 8 heteroatoms. The molecule has 0 aliphatic heterocycles. The summed E-state index contributed by atoms with van der Waals surface area (Å²) < 4.78 is 32.6. The molecular formula is C13H15ClN2O4S. The molecule has 6 nitrogen and oxygen atoms in total. The van der Waals surface area contributed by atoms with E-state index < -0.39 is 16.0 Å². The van der Waals surface area contributed by atoms with Gasteiger partial charge in [0, 0.05) is 18.9 Å². The zero-order valence-electron chi connectivity index (χ0n) is 11.8. The first-order chi connectivity index (χ1) is 9.80. The number of esters is 1. The summed E-state index contributed by atoms with van der Waals surface area (Å²) in [5.74, 6) is -0.567. The van der Waals surface area contributed by atoms with Crippen LogP contribution >= 0.6 is 11.6 Å². The molecule has 0 atom stereocenters. The van der Waals surface area contributed by atoms with Crippen LogP contribution in [0.3, 0.4) is 0 Å². The predicted octanol–water partition coefficient (Wildman–Crippen LogP) is 2.20. The van der Waals surface area contributed by atoms with Gasteiger partial charge in [0.15, 0.2) is 0 Å². The average molecular weight is 331 g/mol. The lowest BCUT2D eigenvalue weighted by atomic mass is 10.4. The fourth-order valence-corrected chi connectivity index (χ4v) is 3.88. The van der Waals surface area contributed by atoms with E-state index in [2.05, 4.69) is 0 Å². The van der Waals surface area contributed by atoms with E-state index in [1.165, 1.54) is 29.0 Å². The Balaban J connectivity index is 2.58. The Hall–Kier alpha value is -1.73. The summed E-state index contributed by atoms with van der Waals surface area (Å²) in [5.41, 5.74) is 0.610. The van der Waals surface area contributed by atoms with E-state index in [0.717, 1.165) is 3.97 Å². The number of carbonyl (C=O) groups is 1. The highest BCUT2D eigenvalue weighted by Crippen LogP contribution is 2.25. The molecule has 2 aromatic heterocycles. The maximum absolute atomic E-state index is 12.6. The third-order valence-corrected chi connectivity index (χ3v) is 5.39. The Bertz CT molecular complexity index is 789. The lowest BCUT2D eigenvalue weighted by Gasteiger charge is -2.07. The van der Waals surface area contributed by atoms with Crippen LogP contribution in [0.4, 0.5) is 0 Å². The second kappa shape index (κ2) is 5.57. The van der Waals surface area contributed by atoms with Crippen molar-refractivity contribution in [3.05, 3.63) is 40.9 Å². The van der Waals surface area contributed by atoms with Crippen molar-refractivity contribution in [2.75, 3.05) is 6.61 Å². The topological polar surface area (TPSA) is 70.3 Å². The van der Waals surface area contributed by atoms with E-state index in [1.807, 2.05) is 0 Å². The Kier molecular flexibility index (Phi) is 4.15. The van der Waals surface area contributed by atoms with Gasteiger partial charge in [0.2, 0.25) is 0 Å². The molecular weight excluding hydrogens is 316 g/mol. The molecule has 0 bridgehead atoms. The summed E-state index contributed by atoms with van der Waals surface area (Å²) in [4.78, 5) is 11.9. The molecule has 0 amide bonds. The Labute approximate surface area is 127 Å². The first-order valence-corrected chi connectivity index (χ1v) is 8.04. The average Bonchev–Trinajstić information content (AvgIpc) is 2.96.